The first-order valence-corrected chi connectivity index (χ1v) is 33.5. The van der Waals surface area contributed by atoms with E-state index in [0.717, 1.165) is 38.5 Å². The van der Waals surface area contributed by atoms with Gasteiger partial charge in [0, 0.05) is 12.8 Å². The molecule has 73 heavy (non-hydrogen) atoms. The topological polar surface area (TPSA) is 95.9 Å². The van der Waals surface area contributed by atoms with Crippen LogP contribution >= 0.6 is 0 Å². The van der Waals surface area contributed by atoms with Crippen molar-refractivity contribution in [1.29, 1.82) is 0 Å². The van der Waals surface area contributed by atoms with Crippen molar-refractivity contribution in [2.45, 2.75) is 392 Å². The predicted molar refractivity (Wildman–Crippen MR) is 320 cm³/mol. The van der Waals surface area contributed by atoms with Crippen molar-refractivity contribution in [2.75, 3.05) is 13.2 Å². The van der Waals surface area contributed by atoms with E-state index in [9.17, 15) is 19.8 Å². The van der Waals surface area contributed by atoms with Crippen LogP contribution in [-0.2, 0) is 14.3 Å². The molecule has 0 saturated carbocycles. The van der Waals surface area contributed by atoms with Crippen LogP contribution in [0.1, 0.15) is 380 Å². The highest BCUT2D eigenvalue weighted by Crippen LogP contribution is 2.19. The van der Waals surface area contributed by atoms with Crippen molar-refractivity contribution in [3.8, 4) is 0 Å². The summed E-state index contributed by atoms with van der Waals surface area (Å²) in [6.45, 7) is 4.93. The Bertz CT molecular complexity index is 1100. The second-order valence-electron chi connectivity index (χ2n) is 23.2. The van der Waals surface area contributed by atoms with Gasteiger partial charge in [0.05, 0.1) is 25.4 Å². The summed E-state index contributed by atoms with van der Waals surface area (Å²) in [5.74, 6) is -0.0428. The number of esters is 1. The van der Waals surface area contributed by atoms with Crippen molar-refractivity contribution >= 4 is 11.9 Å². The Morgan fingerprint density at radius 3 is 0.932 bits per heavy atom. The van der Waals surface area contributed by atoms with Crippen molar-refractivity contribution in [3.63, 3.8) is 0 Å². The number of nitrogens with one attached hydrogen (secondary N) is 1. The minimum Gasteiger partial charge on any atom is -0.466 e. The monoisotopic (exact) mass is 1030 g/mol. The Morgan fingerprint density at radius 1 is 0.370 bits per heavy atom. The van der Waals surface area contributed by atoms with Gasteiger partial charge in [-0.25, -0.2) is 0 Å². The number of allylic oxidation sites excluding steroid dienone is 1. The summed E-state index contributed by atoms with van der Waals surface area (Å²) in [5.41, 5.74) is 0. The molecule has 0 aliphatic carbocycles. The number of ether oxygens (including phenoxy) is 1. The summed E-state index contributed by atoms with van der Waals surface area (Å²) >= 11 is 0. The number of rotatable bonds is 63. The maximum absolute atomic E-state index is 12.4. The van der Waals surface area contributed by atoms with Gasteiger partial charge in [0.25, 0.3) is 0 Å². The van der Waals surface area contributed by atoms with Gasteiger partial charge in [-0.3, -0.25) is 9.59 Å². The molecule has 6 nitrogen and oxygen atoms in total. The van der Waals surface area contributed by atoms with Gasteiger partial charge < -0.3 is 20.3 Å². The van der Waals surface area contributed by atoms with E-state index < -0.39 is 12.1 Å². The maximum atomic E-state index is 12.4. The highest BCUT2D eigenvalue weighted by atomic mass is 16.5. The van der Waals surface area contributed by atoms with E-state index in [1.165, 1.54) is 315 Å². The van der Waals surface area contributed by atoms with Crippen LogP contribution in [0.5, 0.6) is 0 Å². The molecule has 6 heteroatoms. The average Bonchev–Trinajstić information content (AvgIpc) is 3.39. The summed E-state index contributed by atoms with van der Waals surface area (Å²) in [4.78, 5) is 24.5. The largest absolute Gasteiger partial charge is 0.466 e. The fourth-order valence-corrected chi connectivity index (χ4v) is 10.7. The summed E-state index contributed by atoms with van der Waals surface area (Å²) in [5, 5.41) is 23.0. The lowest BCUT2D eigenvalue weighted by molar-refractivity contribution is -0.143. The van der Waals surface area contributed by atoms with E-state index in [2.05, 4.69) is 19.2 Å². The van der Waals surface area contributed by atoms with Crippen LogP contribution in [0.4, 0.5) is 0 Å². The van der Waals surface area contributed by atoms with E-state index in [4.69, 9.17) is 4.74 Å². The molecule has 0 aliphatic rings. The number of carbonyl (C=O) groups is 2. The van der Waals surface area contributed by atoms with E-state index in [-0.39, 0.29) is 18.5 Å². The number of aliphatic hydroxyl groups is 2. The number of aliphatic hydroxyl groups excluding tert-OH is 2. The van der Waals surface area contributed by atoms with Gasteiger partial charge in [-0.1, -0.05) is 347 Å². The molecular formula is C67H131NO5. The van der Waals surface area contributed by atoms with E-state index in [1.54, 1.807) is 6.08 Å². The van der Waals surface area contributed by atoms with Crippen LogP contribution in [-0.4, -0.2) is 47.4 Å². The van der Waals surface area contributed by atoms with E-state index >= 15 is 0 Å². The lowest BCUT2D eigenvalue weighted by Gasteiger charge is -2.20. The van der Waals surface area contributed by atoms with Gasteiger partial charge in [-0.15, -0.1) is 0 Å². The molecule has 3 N–H and O–H groups in total. The van der Waals surface area contributed by atoms with Crippen molar-refractivity contribution in [1.82, 2.24) is 5.32 Å². The molecule has 0 radical (unpaired) electrons. The minimum atomic E-state index is -0.840. The summed E-state index contributed by atoms with van der Waals surface area (Å²) in [7, 11) is 0. The van der Waals surface area contributed by atoms with Gasteiger partial charge in [-0.2, -0.15) is 0 Å². The zero-order valence-corrected chi connectivity index (χ0v) is 49.6. The Hall–Kier alpha value is -1.40. The highest BCUT2D eigenvalue weighted by molar-refractivity contribution is 5.76. The maximum Gasteiger partial charge on any atom is 0.305 e. The van der Waals surface area contributed by atoms with Crippen LogP contribution < -0.4 is 5.32 Å². The molecule has 1 amide bonds. The molecule has 0 heterocycles. The molecular weight excluding hydrogens is 899 g/mol. The fraction of sp³-hybridized carbons (Fsp3) is 0.940. The third-order valence-corrected chi connectivity index (χ3v) is 15.8. The third kappa shape index (κ3) is 59.7. The number of hydrogen-bond acceptors (Lipinski definition) is 5. The first-order valence-electron chi connectivity index (χ1n) is 33.5. The molecule has 2 atom stereocenters. The molecule has 0 rings (SSSR count). The van der Waals surface area contributed by atoms with E-state index in [1.807, 2.05) is 6.08 Å². The zero-order valence-electron chi connectivity index (χ0n) is 49.6. The lowest BCUT2D eigenvalue weighted by atomic mass is 10.0. The lowest BCUT2D eigenvalue weighted by Crippen LogP contribution is -2.45. The number of carbonyl (C=O) groups excluding carboxylic acids is 2. The van der Waals surface area contributed by atoms with Gasteiger partial charge in [0.15, 0.2) is 0 Å². The molecule has 2 unspecified atom stereocenters. The van der Waals surface area contributed by atoms with Crippen LogP contribution in [0.25, 0.3) is 0 Å². The Balaban J connectivity index is 3.31. The molecule has 0 aliphatic heterocycles. The van der Waals surface area contributed by atoms with Crippen LogP contribution in [0, 0.1) is 0 Å². The first kappa shape index (κ1) is 71.6. The first-order chi connectivity index (χ1) is 36.0. The SMILES string of the molecule is CCCCCCCCCCC/C=C/C(O)C(CO)NC(=O)CCCCCCCCCCCCCCCCCCCCCCCCCCCCOC(=O)CCCCCCCCCCCCCCCCCCCCC. The standard InChI is InChI=1S/C67H131NO5/c1-3-5-7-9-11-13-15-16-17-18-27-31-34-37-41-45-49-53-57-61-67(72)73-62-58-54-50-46-42-38-35-32-29-26-24-22-20-19-21-23-25-28-30-33-36-40-44-48-52-56-60-66(71)68-64(63-69)65(70)59-55-51-47-43-39-14-12-10-8-6-4-2/h55,59,64-65,69-70H,3-54,56-58,60-63H2,1-2H3,(H,68,71)/b59-55+. The Kier molecular flexibility index (Phi) is 61.9. The zero-order chi connectivity index (χ0) is 52.9. The van der Waals surface area contributed by atoms with Crippen LogP contribution in [0.3, 0.4) is 0 Å². The smallest absolute Gasteiger partial charge is 0.305 e. The molecule has 0 spiro atoms. The molecule has 0 fully saturated rings. The quantitative estimate of drug-likeness (QED) is 0.0320. The van der Waals surface area contributed by atoms with Gasteiger partial charge in [-0.05, 0) is 32.1 Å². The van der Waals surface area contributed by atoms with Crippen LogP contribution in [0.2, 0.25) is 0 Å². The molecule has 0 bridgehead atoms. The minimum absolute atomic E-state index is 0.0224. The van der Waals surface area contributed by atoms with Crippen molar-refractivity contribution in [2.24, 2.45) is 0 Å². The predicted octanol–water partition coefficient (Wildman–Crippen LogP) is 21.2. The Morgan fingerprint density at radius 2 is 0.630 bits per heavy atom. The number of unbranched alkanes of at least 4 members (excludes halogenated alkanes) is 52. The number of hydrogen-bond donors (Lipinski definition) is 3. The molecule has 0 aromatic heterocycles. The molecule has 0 saturated heterocycles. The summed E-state index contributed by atoms with van der Waals surface area (Å²) < 4.78 is 5.51. The normalized spacial score (nSPS) is 12.5. The van der Waals surface area contributed by atoms with Gasteiger partial charge in [0.1, 0.15) is 0 Å². The third-order valence-electron chi connectivity index (χ3n) is 15.8. The second-order valence-corrected chi connectivity index (χ2v) is 23.2. The molecule has 0 aromatic carbocycles. The molecule has 0 aromatic rings. The summed E-state index contributed by atoms with van der Waals surface area (Å²) in [6, 6.07) is -0.624. The van der Waals surface area contributed by atoms with E-state index in [0.29, 0.717) is 19.4 Å². The van der Waals surface area contributed by atoms with Crippen molar-refractivity contribution in [3.05, 3.63) is 12.2 Å². The average molecular weight is 1030 g/mol. The Labute approximate surface area is 457 Å². The fourth-order valence-electron chi connectivity index (χ4n) is 10.7. The number of amides is 1. The van der Waals surface area contributed by atoms with Gasteiger partial charge >= 0.3 is 5.97 Å². The molecule has 434 valence electrons. The second kappa shape index (κ2) is 63.1. The van der Waals surface area contributed by atoms with Crippen LogP contribution in [0.15, 0.2) is 12.2 Å². The summed E-state index contributed by atoms with van der Waals surface area (Å²) in [6.07, 6.45) is 77.1. The van der Waals surface area contributed by atoms with Crippen molar-refractivity contribution < 1.29 is 24.5 Å². The van der Waals surface area contributed by atoms with Gasteiger partial charge in [0.2, 0.25) is 5.91 Å². The highest BCUT2D eigenvalue weighted by Gasteiger charge is 2.18.